The minimum atomic E-state index is 0.0843. The first-order chi connectivity index (χ1) is 9.81. The maximum Gasteiger partial charge on any atom is 0.128 e. The number of pyridine rings is 1. The molecule has 21 heavy (non-hydrogen) atoms. The monoisotopic (exact) mass is 293 g/mol. The first kappa shape index (κ1) is 17.9. The zero-order valence-corrected chi connectivity index (χ0v) is 14.9. The lowest BCUT2D eigenvalue weighted by Gasteiger charge is -2.42. The van der Waals surface area contributed by atoms with Gasteiger partial charge in [-0.2, -0.15) is 0 Å². The Morgan fingerprint density at radius 2 is 2.00 bits per heavy atom. The average molecular weight is 293 g/mol. The van der Waals surface area contributed by atoms with Crippen LogP contribution in [-0.2, 0) is 6.42 Å². The van der Waals surface area contributed by atoms with Crippen molar-refractivity contribution in [2.24, 2.45) is 0 Å². The number of nitrogens with zero attached hydrogens (tertiary/aromatic N) is 2. The SMILES string of the molecule is CCC(C)(C(Cc1ncc(C)c(OC)c1C)NC)N(C)C. The first-order valence-corrected chi connectivity index (χ1v) is 7.65. The van der Waals surface area contributed by atoms with E-state index in [1.165, 1.54) is 0 Å². The maximum atomic E-state index is 5.52. The summed E-state index contributed by atoms with van der Waals surface area (Å²) in [6.07, 6.45) is 3.88. The van der Waals surface area contributed by atoms with Crippen LogP contribution in [0.2, 0.25) is 0 Å². The van der Waals surface area contributed by atoms with Crippen molar-refractivity contribution in [2.75, 3.05) is 28.3 Å². The Balaban J connectivity index is 3.13. The highest BCUT2D eigenvalue weighted by atomic mass is 16.5. The smallest absolute Gasteiger partial charge is 0.128 e. The molecule has 0 aliphatic carbocycles. The van der Waals surface area contributed by atoms with Crippen molar-refractivity contribution in [1.82, 2.24) is 15.2 Å². The van der Waals surface area contributed by atoms with E-state index in [2.05, 4.69) is 50.1 Å². The fraction of sp³-hybridized carbons (Fsp3) is 0.706. The van der Waals surface area contributed by atoms with Gasteiger partial charge in [0.25, 0.3) is 0 Å². The predicted octanol–water partition coefficient (Wildman–Crippen LogP) is 2.57. The summed E-state index contributed by atoms with van der Waals surface area (Å²) in [5.41, 5.74) is 3.43. The molecule has 0 aliphatic rings. The van der Waals surface area contributed by atoms with Crippen LogP contribution in [-0.4, -0.2) is 49.7 Å². The van der Waals surface area contributed by atoms with Gasteiger partial charge in [0.1, 0.15) is 5.75 Å². The molecule has 1 aromatic heterocycles. The lowest BCUT2D eigenvalue weighted by molar-refractivity contribution is 0.116. The van der Waals surface area contributed by atoms with Crippen molar-refractivity contribution in [3.8, 4) is 5.75 Å². The van der Waals surface area contributed by atoms with Crippen LogP contribution in [0.3, 0.4) is 0 Å². The number of methoxy groups -OCH3 is 1. The summed E-state index contributed by atoms with van der Waals surface area (Å²) in [5, 5.41) is 3.48. The number of likely N-dealkylation sites (N-methyl/N-ethyl adjacent to an activating group) is 2. The van der Waals surface area contributed by atoms with Gasteiger partial charge in [0.15, 0.2) is 0 Å². The number of hydrogen-bond donors (Lipinski definition) is 1. The summed E-state index contributed by atoms with van der Waals surface area (Å²) in [4.78, 5) is 6.94. The van der Waals surface area contributed by atoms with Gasteiger partial charge in [-0.1, -0.05) is 6.92 Å². The lowest BCUT2D eigenvalue weighted by atomic mass is 9.84. The van der Waals surface area contributed by atoms with Gasteiger partial charge in [0.05, 0.1) is 7.11 Å². The van der Waals surface area contributed by atoms with Crippen LogP contribution in [0.15, 0.2) is 6.20 Å². The molecular weight excluding hydrogens is 262 g/mol. The van der Waals surface area contributed by atoms with Gasteiger partial charge in [0, 0.05) is 41.0 Å². The third-order valence-corrected chi connectivity index (χ3v) is 4.98. The van der Waals surface area contributed by atoms with Gasteiger partial charge in [-0.3, -0.25) is 4.98 Å². The molecule has 0 fully saturated rings. The molecule has 120 valence electrons. The Morgan fingerprint density at radius 1 is 1.38 bits per heavy atom. The van der Waals surface area contributed by atoms with Crippen LogP contribution in [0.1, 0.15) is 37.1 Å². The Hall–Kier alpha value is -1.13. The van der Waals surface area contributed by atoms with Crippen molar-refractivity contribution >= 4 is 0 Å². The highest BCUT2D eigenvalue weighted by Gasteiger charge is 2.34. The minimum Gasteiger partial charge on any atom is -0.496 e. The van der Waals surface area contributed by atoms with E-state index in [-0.39, 0.29) is 5.54 Å². The molecule has 0 amide bonds. The maximum absolute atomic E-state index is 5.52. The topological polar surface area (TPSA) is 37.4 Å². The Labute approximate surface area is 129 Å². The molecule has 2 unspecified atom stereocenters. The van der Waals surface area contributed by atoms with E-state index in [4.69, 9.17) is 4.74 Å². The molecule has 1 heterocycles. The molecule has 0 radical (unpaired) electrons. The first-order valence-electron chi connectivity index (χ1n) is 7.65. The standard InChI is InChI=1S/C17H31N3O/c1-9-17(4,20(6)7)15(18-5)10-14-13(3)16(21-8)12(2)11-19-14/h11,15,18H,9-10H2,1-8H3. The van der Waals surface area contributed by atoms with Crippen molar-refractivity contribution in [3.63, 3.8) is 0 Å². The van der Waals surface area contributed by atoms with E-state index >= 15 is 0 Å². The summed E-state index contributed by atoms with van der Waals surface area (Å²) in [5.74, 6) is 0.956. The largest absolute Gasteiger partial charge is 0.496 e. The second-order valence-corrected chi connectivity index (χ2v) is 6.20. The molecule has 0 aromatic carbocycles. The van der Waals surface area contributed by atoms with Crippen LogP contribution in [0.5, 0.6) is 5.75 Å². The van der Waals surface area contributed by atoms with Crippen LogP contribution in [0.4, 0.5) is 0 Å². The molecular formula is C17H31N3O. The van der Waals surface area contributed by atoms with Gasteiger partial charge in [-0.15, -0.1) is 0 Å². The number of nitrogens with one attached hydrogen (secondary N) is 1. The fourth-order valence-corrected chi connectivity index (χ4v) is 2.98. The third kappa shape index (κ3) is 3.55. The van der Waals surface area contributed by atoms with Crippen LogP contribution < -0.4 is 10.1 Å². The van der Waals surface area contributed by atoms with Crippen molar-refractivity contribution in [3.05, 3.63) is 23.0 Å². The zero-order chi connectivity index (χ0) is 16.2. The summed E-state index contributed by atoms with van der Waals surface area (Å²) in [7, 11) is 8.04. The molecule has 1 aromatic rings. The van der Waals surface area contributed by atoms with E-state index in [0.29, 0.717) is 6.04 Å². The molecule has 0 saturated heterocycles. The molecule has 1 N–H and O–H groups in total. The summed E-state index contributed by atoms with van der Waals surface area (Å²) >= 11 is 0. The lowest BCUT2D eigenvalue weighted by Crippen LogP contribution is -2.57. The van der Waals surface area contributed by atoms with Crippen molar-refractivity contribution in [2.45, 2.75) is 52.1 Å². The van der Waals surface area contributed by atoms with Crippen LogP contribution in [0.25, 0.3) is 0 Å². The zero-order valence-electron chi connectivity index (χ0n) is 14.9. The van der Waals surface area contributed by atoms with E-state index in [9.17, 15) is 0 Å². The van der Waals surface area contributed by atoms with E-state index in [1.807, 2.05) is 20.2 Å². The summed E-state index contributed by atoms with van der Waals surface area (Å²) in [6.45, 7) is 8.67. The normalized spacial score (nSPS) is 15.9. The molecule has 4 heteroatoms. The van der Waals surface area contributed by atoms with Crippen molar-refractivity contribution in [1.29, 1.82) is 0 Å². The van der Waals surface area contributed by atoms with E-state index in [0.717, 1.165) is 35.4 Å². The van der Waals surface area contributed by atoms with Gasteiger partial charge >= 0.3 is 0 Å². The Bertz CT molecular complexity index is 473. The molecule has 0 bridgehead atoms. The number of ether oxygens (including phenoxy) is 1. The number of aromatic nitrogens is 1. The molecule has 4 nitrogen and oxygen atoms in total. The molecule has 1 rings (SSSR count). The third-order valence-electron chi connectivity index (χ3n) is 4.98. The molecule has 2 atom stereocenters. The van der Waals surface area contributed by atoms with Gasteiger partial charge in [0.2, 0.25) is 0 Å². The number of hydrogen-bond acceptors (Lipinski definition) is 4. The average Bonchev–Trinajstić information content (AvgIpc) is 2.46. The van der Waals surface area contributed by atoms with Gasteiger partial charge in [-0.25, -0.2) is 0 Å². The van der Waals surface area contributed by atoms with Gasteiger partial charge in [-0.05, 0) is 48.3 Å². The summed E-state index contributed by atoms with van der Waals surface area (Å²) in [6, 6.07) is 0.330. The number of aryl methyl sites for hydroxylation is 1. The fourth-order valence-electron chi connectivity index (χ4n) is 2.98. The Morgan fingerprint density at radius 3 is 2.43 bits per heavy atom. The van der Waals surface area contributed by atoms with Crippen molar-refractivity contribution < 1.29 is 4.74 Å². The molecule has 0 saturated carbocycles. The number of rotatable bonds is 7. The van der Waals surface area contributed by atoms with Crippen LogP contribution >= 0.6 is 0 Å². The second-order valence-electron chi connectivity index (χ2n) is 6.20. The van der Waals surface area contributed by atoms with E-state index < -0.39 is 0 Å². The highest BCUT2D eigenvalue weighted by Crippen LogP contribution is 2.28. The summed E-state index contributed by atoms with van der Waals surface area (Å²) < 4.78 is 5.52. The quantitative estimate of drug-likeness (QED) is 0.838. The second kappa shape index (κ2) is 7.23. The minimum absolute atomic E-state index is 0.0843. The van der Waals surface area contributed by atoms with Gasteiger partial charge < -0.3 is 15.0 Å². The Kier molecular flexibility index (Phi) is 6.17. The highest BCUT2D eigenvalue weighted by molar-refractivity contribution is 5.41. The van der Waals surface area contributed by atoms with E-state index in [1.54, 1.807) is 7.11 Å². The predicted molar refractivity (Wildman–Crippen MR) is 89.2 cm³/mol. The van der Waals surface area contributed by atoms with Crippen LogP contribution in [0, 0.1) is 13.8 Å². The molecule has 0 aliphatic heterocycles. The molecule has 0 spiro atoms.